The van der Waals surface area contributed by atoms with Crippen LogP contribution in [0.1, 0.15) is 16.8 Å². The van der Waals surface area contributed by atoms with Crippen molar-refractivity contribution in [3.8, 4) is 11.5 Å². The molecule has 0 aliphatic carbocycles. The van der Waals surface area contributed by atoms with E-state index in [1.54, 1.807) is 12.1 Å². The van der Waals surface area contributed by atoms with E-state index in [0.717, 1.165) is 5.75 Å². The van der Waals surface area contributed by atoms with Crippen LogP contribution in [0, 0.1) is 0 Å². The van der Waals surface area contributed by atoms with Crippen molar-refractivity contribution in [2.24, 2.45) is 0 Å². The topological polar surface area (TPSA) is 55.8 Å². The molecule has 0 aliphatic rings. The Kier molecular flexibility index (Phi) is 5.46. The Morgan fingerprint density at radius 1 is 1.00 bits per heavy atom. The van der Waals surface area contributed by atoms with Gasteiger partial charge < -0.3 is 14.6 Å². The molecule has 1 N–H and O–H groups in total. The molecule has 0 aliphatic heterocycles. The van der Waals surface area contributed by atoms with Crippen LogP contribution in [-0.4, -0.2) is 24.3 Å². The van der Waals surface area contributed by atoms with E-state index < -0.39 is 5.97 Å². The van der Waals surface area contributed by atoms with Gasteiger partial charge in [-0.2, -0.15) is 0 Å². The zero-order chi connectivity index (χ0) is 15.1. The largest absolute Gasteiger partial charge is 0.493 e. The zero-order valence-electron chi connectivity index (χ0n) is 11.3. The molecule has 0 heterocycles. The summed E-state index contributed by atoms with van der Waals surface area (Å²) >= 11 is 5.86. The normalized spacial score (nSPS) is 10.1. The first-order valence-corrected chi connectivity index (χ1v) is 6.88. The van der Waals surface area contributed by atoms with E-state index in [2.05, 4.69) is 0 Å². The van der Waals surface area contributed by atoms with Gasteiger partial charge in [-0.05, 0) is 24.3 Å². The van der Waals surface area contributed by atoms with Gasteiger partial charge in [0.25, 0.3) is 0 Å². The van der Waals surface area contributed by atoms with Crippen molar-refractivity contribution in [3.63, 3.8) is 0 Å². The van der Waals surface area contributed by atoms with Crippen molar-refractivity contribution in [2.75, 3.05) is 13.2 Å². The monoisotopic (exact) mass is 306 g/mol. The van der Waals surface area contributed by atoms with Gasteiger partial charge in [0.2, 0.25) is 0 Å². The molecule has 2 aromatic rings. The van der Waals surface area contributed by atoms with Crippen LogP contribution in [0.4, 0.5) is 0 Å². The molecule has 0 aromatic heterocycles. The van der Waals surface area contributed by atoms with Crippen LogP contribution in [0.25, 0.3) is 0 Å². The van der Waals surface area contributed by atoms with E-state index in [9.17, 15) is 4.79 Å². The molecule has 0 radical (unpaired) electrons. The number of para-hydroxylation sites is 1. The van der Waals surface area contributed by atoms with Gasteiger partial charge in [0, 0.05) is 6.42 Å². The van der Waals surface area contributed by atoms with Crippen LogP contribution in [0.3, 0.4) is 0 Å². The van der Waals surface area contributed by atoms with E-state index in [1.807, 2.05) is 30.3 Å². The van der Waals surface area contributed by atoms with Crippen LogP contribution in [0.2, 0.25) is 5.02 Å². The van der Waals surface area contributed by atoms with Gasteiger partial charge in [-0.15, -0.1) is 0 Å². The minimum atomic E-state index is -1.10. The zero-order valence-corrected chi connectivity index (χ0v) is 12.0. The molecule has 21 heavy (non-hydrogen) atoms. The second-order valence-corrected chi connectivity index (χ2v) is 4.69. The highest BCUT2D eigenvalue weighted by atomic mass is 35.5. The summed E-state index contributed by atoms with van der Waals surface area (Å²) in [5.41, 5.74) is -0.0110. The van der Waals surface area contributed by atoms with Gasteiger partial charge in [-0.1, -0.05) is 35.9 Å². The van der Waals surface area contributed by atoms with Crippen molar-refractivity contribution in [2.45, 2.75) is 6.42 Å². The maximum absolute atomic E-state index is 11.1. The molecule has 4 nitrogen and oxygen atoms in total. The molecule has 0 saturated carbocycles. The molecule has 0 amide bonds. The minimum absolute atomic E-state index is 0.0110. The van der Waals surface area contributed by atoms with Crippen molar-refractivity contribution in [1.29, 1.82) is 0 Å². The first-order chi connectivity index (χ1) is 10.2. The highest BCUT2D eigenvalue weighted by Gasteiger charge is 2.15. The fourth-order valence-electron chi connectivity index (χ4n) is 1.78. The molecule has 0 fully saturated rings. The molecule has 0 unspecified atom stereocenters. The van der Waals surface area contributed by atoms with Gasteiger partial charge >= 0.3 is 5.97 Å². The highest BCUT2D eigenvalue weighted by molar-refractivity contribution is 6.33. The van der Waals surface area contributed by atoms with Gasteiger partial charge in [0.15, 0.2) is 0 Å². The number of hydrogen-bond acceptors (Lipinski definition) is 3. The molecule has 0 spiro atoms. The van der Waals surface area contributed by atoms with E-state index in [4.69, 9.17) is 26.2 Å². The van der Waals surface area contributed by atoms with Crippen molar-refractivity contribution >= 4 is 17.6 Å². The fourth-order valence-corrected chi connectivity index (χ4v) is 2.03. The highest BCUT2D eigenvalue weighted by Crippen LogP contribution is 2.26. The number of carboxylic acid groups (broad SMARTS) is 1. The van der Waals surface area contributed by atoms with Crippen LogP contribution in [0.15, 0.2) is 48.5 Å². The number of halogens is 1. The predicted octanol–water partition coefficient (Wildman–Crippen LogP) is 3.89. The quantitative estimate of drug-likeness (QED) is 0.789. The lowest BCUT2D eigenvalue weighted by Crippen LogP contribution is -2.08. The third-order valence-corrected chi connectivity index (χ3v) is 3.06. The standard InChI is InChI=1S/C16H15ClO4/c17-13-8-4-9-14(15(13)16(18)19)21-11-5-10-20-12-6-2-1-3-7-12/h1-4,6-9H,5,10-11H2,(H,18,19). The summed E-state index contributed by atoms with van der Waals surface area (Å²) in [5, 5.41) is 9.28. The van der Waals surface area contributed by atoms with Gasteiger partial charge in [0.1, 0.15) is 17.1 Å². The Hall–Kier alpha value is -2.20. The lowest BCUT2D eigenvalue weighted by Gasteiger charge is -2.10. The lowest BCUT2D eigenvalue weighted by atomic mass is 10.2. The molecule has 110 valence electrons. The average molecular weight is 307 g/mol. The Bertz CT molecular complexity index is 598. The van der Waals surface area contributed by atoms with Crippen molar-refractivity contribution in [3.05, 3.63) is 59.1 Å². The van der Waals surface area contributed by atoms with Crippen LogP contribution >= 0.6 is 11.6 Å². The maximum Gasteiger partial charge on any atom is 0.341 e. The smallest absolute Gasteiger partial charge is 0.341 e. The maximum atomic E-state index is 11.1. The number of rotatable bonds is 7. The summed E-state index contributed by atoms with van der Waals surface area (Å²) in [6, 6.07) is 14.2. The SMILES string of the molecule is O=C(O)c1c(Cl)cccc1OCCCOc1ccccc1. The Labute approximate surface area is 127 Å². The van der Waals surface area contributed by atoms with Gasteiger partial charge in [-0.3, -0.25) is 0 Å². The van der Waals surface area contributed by atoms with Crippen LogP contribution in [0.5, 0.6) is 11.5 Å². The molecule has 2 rings (SSSR count). The van der Waals surface area contributed by atoms with Crippen molar-refractivity contribution in [1.82, 2.24) is 0 Å². The summed E-state index contributed by atoms with van der Waals surface area (Å²) in [4.78, 5) is 11.1. The minimum Gasteiger partial charge on any atom is -0.493 e. The second-order valence-electron chi connectivity index (χ2n) is 4.28. The average Bonchev–Trinajstić information content (AvgIpc) is 2.47. The third kappa shape index (κ3) is 4.39. The van der Waals surface area contributed by atoms with E-state index >= 15 is 0 Å². The first kappa shape index (κ1) is 15.2. The van der Waals surface area contributed by atoms with Gasteiger partial charge in [-0.25, -0.2) is 4.79 Å². The Morgan fingerprint density at radius 2 is 1.71 bits per heavy atom. The van der Waals surface area contributed by atoms with E-state index in [-0.39, 0.29) is 16.3 Å². The summed E-state index contributed by atoms with van der Waals surface area (Å²) in [7, 11) is 0. The second kappa shape index (κ2) is 7.55. The van der Waals surface area contributed by atoms with E-state index in [0.29, 0.717) is 19.6 Å². The molecular formula is C16H15ClO4. The predicted molar refractivity (Wildman–Crippen MR) is 80.5 cm³/mol. The van der Waals surface area contributed by atoms with Crippen molar-refractivity contribution < 1.29 is 19.4 Å². The lowest BCUT2D eigenvalue weighted by molar-refractivity contribution is 0.0692. The molecular weight excluding hydrogens is 292 g/mol. The first-order valence-electron chi connectivity index (χ1n) is 6.51. The summed E-state index contributed by atoms with van der Waals surface area (Å²) < 4.78 is 11.0. The number of aromatic carboxylic acids is 1. The fraction of sp³-hybridized carbons (Fsp3) is 0.188. The Morgan fingerprint density at radius 3 is 2.43 bits per heavy atom. The van der Waals surface area contributed by atoms with Crippen LogP contribution in [-0.2, 0) is 0 Å². The third-order valence-electron chi connectivity index (χ3n) is 2.75. The number of benzene rings is 2. The number of ether oxygens (including phenoxy) is 2. The van der Waals surface area contributed by atoms with Crippen LogP contribution < -0.4 is 9.47 Å². The Balaban J connectivity index is 1.81. The number of carbonyl (C=O) groups is 1. The number of hydrogen-bond donors (Lipinski definition) is 1. The van der Waals surface area contributed by atoms with E-state index in [1.165, 1.54) is 6.07 Å². The molecule has 0 saturated heterocycles. The molecule has 2 aromatic carbocycles. The summed E-state index contributed by atoms with van der Waals surface area (Å²) in [5.74, 6) is -0.0303. The molecule has 0 atom stereocenters. The molecule has 5 heteroatoms. The summed E-state index contributed by atoms with van der Waals surface area (Å²) in [6.45, 7) is 0.848. The van der Waals surface area contributed by atoms with Gasteiger partial charge in [0.05, 0.1) is 18.2 Å². The summed E-state index contributed by atoms with van der Waals surface area (Å²) in [6.07, 6.45) is 0.639. The number of carboxylic acids is 1. The molecule has 0 bridgehead atoms.